The van der Waals surface area contributed by atoms with Crippen molar-refractivity contribution < 1.29 is 0 Å². The van der Waals surface area contributed by atoms with Crippen LogP contribution in [0.5, 0.6) is 0 Å². The van der Waals surface area contributed by atoms with Crippen LogP contribution in [0.2, 0.25) is 0 Å². The van der Waals surface area contributed by atoms with Crippen molar-refractivity contribution >= 4 is 75.1 Å². The number of nitriles is 2. The molecular weight excluding hydrogens is 617 g/mol. The summed E-state index contributed by atoms with van der Waals surface area (Å²) in [6.45, 7) is 0. The zero-order valence-corrected chi connectivity index (χ0v) is 26.9. The number of thiophene rings is 1. The number of hydrogen-bond acceptors (Lipinski definition) is 3. The van der Waals surface area contributed by atoms with Crippen LogP contribution in [-0.4, -0.2) is 9.13 Å². The number of fused-ring (bicyclic) bond motifs is 9. The molecular formula is C44H24N4S. The molecule has 3 aromatic heterocycles. The molecule has 0 N–H and O–H groups in total. The fourth-order valence-corrected chi connectivity index (χ4v) is 8.62. The van der Waals surface area contributed by atoms with Gasteiger partial charge in [-0.05, 0) is 102 Å². The van der Waals surface area contributed by atoms with E-state index in [-0.39, 0.29) is 0 Å². The second-order valence-electron chi connectivity index (χ2n) is 12.4. The number of hydrogen-bond donors (Lipinski definition) is 0. The van der Waals surface area contributed by atoms with E-state index in [2.05, 4.69) is 143 Å². The van der Waals surface area contributed by atoms with E-state index < -0.39 is 0 Å². The van der Waals surface area contributed by atoms with Gasteiger partial charge in [0.15, 0.2) is 0 Å². The fourth-order valence-electron chi connectivity index (χ4n) is 7.55. The van der Waals surface area contributed by atoms with Gasteiger partial charge in [0.25, 0.3) is 0 Å². The van der Waals surface area contributed by atoms with E-state index >= 15 is 0 Å². The molecule has 0 aliphatic rings. The van der Waals surface area contributed by atoms with Gasteiger partial charge in [-0.2, -0.15) is 10.5 Å². The lowest BCUT2D eigenvalue weighted by molar-refractivity contribution is 1.18. The summed E-state index contributed by atoms with van der Waals surface area (Å²) in [5, 5.41) is 26.1. The topological polar surface area (TPSA) is 57.4 Å². The molecule has 0 fully saturated rings. The molecule has 0 atom stereocenters. The maximum Gasteiger partial charge on any atom is 0.0991 e. The highest BCUT2D eigenvalue weighted by molar-refractivity contribution is 7.25. The van der Waals surface area contributed by atoms with Gasteiger partial charge in [-0.25, -0.2) is 0 Å². The van der Waals surface area contributed by atoms with E-state index in [0.717, 1.165) is 66.1 Å². The fraction of sp³-hybridized carbons (Fsp3) is 0. The molecule has 226 valence electrons. The van der Waals surface area contributed by atoms with Gasteiger partial charge >= 0.3 is 0 Å². The molecule has 0 saturated carbocycles. The predicted molar refractivity (Wildman–Crippen MR) is 203 cm³/mol. The van der Waals surface area contributed by atoms with Crippen molar-refractivity contribution in [2.75, 3.05) is 0 Å². The van der Waals surface area contributed by atoms with Crippen molar-refractivity contribution in [1.82, 2.24) is 9.13 Å². The number of aromatic nitrogens is 2. The summed E-state index contributed by atoms with van der Waals surface area (Å²) >= 11 is 1.82. The van der Waals surface area contributed by atoms with E-state index in [1.807, 2.05) is 35.6 Å². The Morgan fingerprint density at radius 1 is 0.388 bits per heavy atom. The van der Waals surface area contributed by atoms with Gasteiger partial charge < -0.3 is 9.13 Å². The first-order valence-electron chi connectivity index (χ1n) is 16.1. The number of benzene rings is 7. The third kappa shape index (κ3) is 4.07. The van der Waals surface area contributed by atoms with Crippen LogP contribution in [0.4, 0.5) is 0 Å². The van der Waals surface area contributed by atoms with Gasteiger partial charge in [0, 0.05) is 53.1 Å². The van der Waals surface area contributed by atoms with Crippen LogP contribution in [0.15, 0.2) is 146 Å². The minimum Gasteiger partial charge on any atom is -0.309 e. The molecule has 0 aliphatic heterocycles. The second kappa shape index (κ2) is 10.4. The quantitative estimate of drug-likeness (QED) is 0.193. The Morgan fingerprint density at radius 2 is 0.918 bits per heavy atom. The molecule has 0 bridgehead atoms. The van der Waals surface area contributed by atoms with Crippen molar-refractivity contribution in [2.24, 2.45) is 0 Å². The third-order valence-electron chi connectivity index (χ3n) is 9.75. The molecule has 0 aliphatic carbocycles. The summed E-state index contributed by atoms with van der Waals surface area (Å²) < 4.78 is 7.11. The normalized spacial score (nSPS) is 11.6. The number of rotatable bonds is 3. The monoisotopic (exact) mass is 640 g/mol. The molecule has 0 spiro atoms. The second-order valence-corrected chi connectivity index (χ2v) is 13.5. The zero-order valence-electron chi connectivity index (χ0n) is 26.1. The average Bonchev–Trinajstić information content (AvgIpc) is 3.81. The standard InChI is InChI=1S/C44H24N4S/c45-25-27-12-16-41-35(20-27)33-8-1-3-10-39(33)47(41)31-7-5-6-29(22-31)30-14-18-43-37(23-30)38-24-32(15-19-44(38)49-43)48-40-11-4-2-9-34(40)36-21-28(26-46)13-17-42(36)48/h1-24H. The largest absolute Gasteiger partial charge is 0.309 e. The molecule has 10 aromatic rings. The van der Waals surface area contributed by atoms with Gasteiger partial charge in [-0.1, -0.05) is 54.6 Å². The maximum atomic E-state index is 9.59. The van der Waals surface area contributed by atoms with Gasteiger partial charge in [-0.3, -0.25) is 0 Å². The van der Waals surface area contributed by atoms with Crippen LogP contribution in [0.1, 0.15) is 11.1 Å². The highest BCUT2D eigenvalue weighted by Crippen LogP contribution is 2.40. The minimum absolute atomic E-state index is 0.662. The third-order valence-corrected chi connectivity index (χ3v) is 10.9. The average molecular weight is 641 g/mol. The maximum absolute atomic E-state index is 9.59. The molecule has 5 heteroatoms. The van der Waals surface area contributed by atoms with E-state index in [1.165, 1.54) is 20.2 Å². The van der Waals surface area contributed by atoms with Gasteiger partial charge in [0.1, 0.15) is 0 Å². The summed E-state index contributed by atoms with van der Waals surface area (Å²) in [6.07, 6.45) is 0. The van der Waals surface area contributed by atoms with Gasteiger partial charge in [0.2, 0.25) is 0 Å². The van der Waals surface area contributed by atoms with Crippen LogP contribution in [0, 0.1) is 22.7 Å². The lowest BCUT2D eigenvalue weighted by atomic mass is 10.0. The van der Waals surface area contributed by atoms with Gasteiger partial charge in [-0.15, -0.1) is 11.3 Å². The number of para-hydroxylation sites is 2. The Morgan fingerprint density at radius 3 is 1.55 bits per heavy atom. The number of nitrogens with zero attached hydrogens (tertiary/aromatic N) is 4. The highest BCUT2D eigenvalue weighted by Gasteiger charge is 2.16. The minimum atomic E-state index is 0.662. The van der Waals surface area contributed by atoms with E-state index in [9.17, 15) is 10.5 Å². The molecule has 0 amide bonds. The van der Waals surface area contributed by atoms with Crippen LogP contribution in [0.25, 0.3) is 86.3 Å². The summed E-state index contributed by atoms with van der Waals surface area (Å²) in [7, 11) is 0. The summed E-state index contributed by atoms with van der Waals surface area (Å²) in [4.78, 5) is 0. The molecule has 4 nitrogen and oxygen atoms in total. The van der Waals surface area contributed by atoms with Crippen molar-refractivity contribution in [3.8, 4) is 34.6 Å². The van der Waals surface area contributed by atoms with Crippen LogP contribution < -0.4 is 0 Å². The Balaban J connectivity index is 1.14. The van der Waals surface area contributed by atoms with E-state index in [0.29, 0.717) is 11.1 Å². The first-order valence-corrected chi connectivity index (χ1v) is 16.9. The Kier molecular flexibility index (Phi) is 5.84. The van der Waals surface area contributed by atoms with Crippen LogP contribution in [-0.2, 0) is 0 Å². The first kappa shape index (κ1) is 27.5. The predicted octanol–water partition coefficient (Wildman–Crippen LogP) is 11.7. The molecule has 0 saturated heterocycles. The molecule has 49 heavy (non-hydrogen) atoms. The SMILES string of the molecule is N#Cc1ccc2c(c1)c1ccccc1n2-c1cccc(-c2ccc3sc4ccc(-n5c6ccccc6c6cc(C#N)ccc65)cc4c3c2)c1. The smallest absolute Gasteiger partial charge is 0.0991 e. The first-order chi connectivity index (χ1) is 24.2. The zero-order chi connectivity index (χ0) is 32.6. The molecule has 10 rings (SSSR count). The molecule has 7 aromatic carbocycles. The molecule has 0 unspecified atom stereocenters. The highest BCUT2D eigenvalue weighted by atomic mass is 32.1. The Labute approximate surface area is 285 Å². The van der Waals surface area contributed by atoms with Crippen molar-refractivity contribution in [3.05, 3.63) is 157 Å². The Hall–Kier alpha value is -6.66. The van der Waals surface area contributed by atoms with Crippen molar-refractivity contribution in [1.29, 1.82) is 10.5 Å². The van der Waals surface area contributed by atoms with E-state index in [4.69, 9.17) is 0 Å². The summed E-state index contributed by atoms with van der Waals surface area (Å²) in [6, 6.07) is 55.6. The molecule has 0 radical (unpaired) electrons. The van der Waals surface area contributed by atoms with Crippen LogP contribution in [0.3, 0.4) is 0 Å². The van der Waals surface area contributed by atoms with Gasteiger partial charge in [0.05, 0.1) is 45.3 Å². The molecule has 3 heterocycles. The lowest BCUT2D eigenvalue weighted by Gasteiger charge is -2.11. The Bertz CT molecular complexity index is 3090. The van der Waals surface area contributed by atoms with E-state index in [1.54, 1.807) is 0 Å². The lowest BCUT2D eigenvalue weighted by Crippen LogP contribution is -1.94. The van der Waals surface area contributed by atoms with Crippen molar-refractivity contribution in [2.45, 2.75) is 0 Å². The van der Waals surface area contributed by atoms with Crippen molar-refractivity contribution in [3.63, 3.8) is 0 Å². The summed E-state index contributed by atoms with van der Waals surface area (Å²) in [5.41, 5.74) is 10.2. The van der Waals surface area contributed by atoms with Crippen LogP contribution >= 0.6 is 11.3 Å². The summed E-state index contributed by atoms with van der Waals surface area (Å²) in [5.74, 6) is 0.